The molecule has 5 aromatic carbocycles. The number of nitrogens with zero attached hydrogens (tertiary/aromatic N) is 1. The molecule has 5 aromatic rings. The smallest absolute Gasteiger partial charge is 0.178 e. The molecule has 2 unspecified atom stereocenters. The Hall–Kier alpha value is -4.85. The maximum Gasteiger partial charge on any atom is 0.178 e. The number of hydrogen-bond donors (Lipinski definition) is 1. The highest BCUT2D eigenvalue weighted by Crippen LogP contribution is 2.45. The van der Waals surface area contributed by atoms with Crippen LogP contribution < -0.4 is 9.64 Å². The summed E-state index contributed by atoms with van der Waals surface area (Å²) in [7, 11) is 0. The van der Waals surface area contributed by atoms with Crippen LogP contribution in [0.5, 0.6) is 5.75 Å². The number of hydrogen-bond acceptors (Lipinski definition) is 3. The Morgan fingerprint density at radius 1 is 0.810 bits per heavy atom. The largest absolute Gasteiger partial charge is 0.473 e. The predicted molar refractivity (Wildman–Crippen MR) is 167 cm³/mol. The van der Waals surface area contributed by atoms with Crippen molar-refractivity contribution in [2.24, 2.45) is 0 Å². The van der Waals surface area contributed by atoms with Gasteiger partial charge in [-0.1, -0.05) is 78.7 Å². The zero-order chi connectivity index (χ0) is 28.7. The third-order valence-corrected chi connectivity index (χ3v) is 8.64. The first-order chi connectivity index (χ1) is 20.5. The van der Waals surface area contributed by atoms with Gasteiger partial charge in [-0.15, -0.1) is 6.42 Å². The lowest BCUT2D eigenvalue weighted by atomic mass is 9.82. The van der Waals surface area contributed by atoms with Gasteiger partial charge in [0.1, 0.15) is 11.6 Å². The molecule has 4 heteroatoms. The maximum absolute atomic E-state index is 13.8. The summed E-state index contributed by atoms with van der Waals surface area (Å²) < 4.78 is 20.6. The van der Waals surface area contributed by atoms with Crippen molar-refractivity contribution in [2.45, 2.75) is 24.0 Å². The topological polar surface area (TPSA) is 32.7 Å². The maximum atomic E-state index is 13.8. The second-order valence-electron chi connectivity index (χ2n) is 11.1. The molecule has 1 N–H and O–H groups in total. The van der Waals surface area contributed by atoms with Crippen molar-refractivity contribution in [2.75, 3.05) is 18.0 Å². The van der Waals surface area contributed by atoms with Crippen LogP contribution >= 0.6 is 0 Å². The van der Waals surface area contributed by atoms with Crippen LogP contribution in [-0.4, -0.2) is 18.2 Å². The fraction of sp³-hybridized carbons (Fsp3) is 0.158. The standard InChI is InChI=1S/C38H30FNO2/c1-2-37(41,28-13-18-33(19-14-28)40-24-6-7-25-40)31-15-20-34-27(26-31)10-21-36-35(34)22-23-38(42-36,29-8-4-3-5-9-29)30-11-16-32(39)17-12-30/h1,3-5,8-23,26,41H,6-7,24-25H2. The fourth-order valence-corrected chi connectivity index (χ4v) is 6.31. The van der Waals surface area contributed by atoms with E-state index in [9.17, 15) is 9.50 Å². The van der Waals surface area contributed by atoms with Gasteiger partial charge in [-0.2, -0.15) is 0 Å². The molecule has 206 valence electrons. The van der Waals surface area contributed by atoms with E-state index >= 15 is 0 Å². The zero-order valence-electron chi connectivity index (χ0n) is 23.1. The van der Waals surface area contributed by atoms with Crippen LogP contribution in [0.15, 0.2) is 115 Å². The number of aliphatic hydroxyl groups is 1. The highest BCUT2D eigenvalue weighted by molar-refractivity contribution is 5.94. The van der Waals surface area contributed by atoms with E-state index in [1.165, 1.54) is 25.0 Å². The van der Waals surface area contributed by atoms with Gasteiger partial charge in [0.25, 0.3) is 0 Å². The Kier molecular flexibility index (Phi) is 6.34. The van der Waals surface area contributed by atoms with Crippen LogP contribution in [0.4, 0.5) is 10.1 Å². The molecule has 0 bridgehead atoms. The Labute approximate surface area is 245 Å². The molecular formula is C38H30FNO2. The van der Waals surface area contributed by atoms with Crippen molar-refractivity contribution >= 4 is 22.5 Å². The lowest BCUT2D eigenvalue weighted by Crippen LogP contribution is -2.34. The average Bonchev–Trinajstić information content (AvgIpc) is 3.60. The summed E-state index contributed by atoms with van der Waals surface area (Å²) in [6.45, 7) is 2.12. The Bertz CT molecular complexity index is 1830. The predicted octanol–water partition coefficient (Wildman–Crippen LogP) is 7.80. The van der Waals surface area contributed by atoms with E-state index in [1.807, 2.05) is 91.0 Å². The number of fused-ring (bicyclic) bond motifs is 3. The van der Waals surface area contributed by atoms with Gasteiger partial charge in [0, 0.05) is 46.6 Å². The average molecular weight is 552 g/mol. The van der Waals surface area contributed by atoms with E-state index in [-0.39, 0.29) is 5.82 Å². The zero-order valence-corrected chi connectivity index (χ0v) is 23.1. The van der Waals surface area contributed by atoms with Crippen molar-refractivity contribution in [3.63, 3.8) is 0 Å². The molecule has 2 heterocycles. The van der Waals surface area contributed by atoms with Gasteiger partial charge < -0.3 is 14.7 Å². The number of ether oxygens (including phenoxy) is 1. The third kappa shape index (κ3) is 4.26. The van der Waals surface area contributed by atoms with Crippen LogP contribution in [0.2, 0.25) is 0 Å². The molecule has 0 amide bonds. The first kappa shape index (κ1) is 26.1. The number of terminal acetylenes is 1. The summed E-state index contributed by atoms with van der Waals surface area (Å²) in [5, 5.41) is 13.7. The van der Waals surface area contributed by atoms with Crippen LogP contribution in [-0.2, 0) is 11.2 Å². The first-order valence-corrected chi connectivity index (χ1v) is 14.3. The van der Waals surface area contributed by atoms with Crippen molar-refractivity contribution < 1.29 is 14.2 Å². The van der Waals surface area contributed by atoms with Crippen LogP contribution in [0.3, 0.4) is 0 Å². The molecule has 1 fully saturated rings. The van der Waals surface area contributed by atoms with Crippen molar-refractivity contribution in [3.05, 3.63) is 149 Å². The monoisotopic (exact) mass is 551 g/mol. The third-order valence-electron chi connectivity index (χ3n) is 8.64. The molecule has 0 radical (unpaired) electrons. The van der Waals surface area contributed by atoms with Gasteiger partial charge in [0.05, 0.1) is 0 Å². The van der Waals surface area contributed by atoms with E-state index < -0.39 is 11.2 Å². The van der Waals surface area contributed by atoms with Crippen LogP contribution in [0.25, 0.3) is 16.8 Å². The van der Waals surface area contributed by atoms with E-state index in [0.717, 1.165) is 52.0 Å². The molecule has 2 atom stereocenters. The van der Waals surface area contributed by atoms with Crippen molar-refractivity contribution in [1.82, 2.24) is 0 Å². The number of benzene rings is 5. The fourth-order valence-electron chi connectivity index (χ4n) is 6.31. The molecule has 0 aromatic heterocycles. The van der Waals surface area contributed by atoms with Crippen molar-refractivity contribution in [1.29, 1.82) is 0 Å². The van der Waals surface area contributed by atoms with E-state index in [0.29, 0.717) is 11.1 Å². The highest BCUT2D eigenvalue weighted by Gasteiger charge is 2.37. The molecule has 2 aliphatic rings. The second-order valence-corrected chi connectivity index (χ2v) is 11.1. The van der Waals surface area contributed by atoms with E-state index in [4.69, 9.17) is 11.2 Å². The molecular weight excluding hydrogens is 521 g/mol. The van der Waals surface area contributed by atoms with Gasteiger partial charge in [-0.05, 0) is 72.2 Å². The lowest BCUT2D eigenvalue weighted by molar-refractivity contribution is 0.145. The minimum absolute atomic E-state index is 0.293. The number of rotatable bonds is 5. The summed E-state index contributed by atoms with van der Waals surface area (Å²) in [4.78, 5) is 2.36. The molecule has 7 rings (SSSR count). The Morgan fingerprint density at radius 3 is 2.21 bits per heavy atom. The Balaban J connectivity index is 1.27. The van der Waals surface area contributed by atoms with Gasteiger partial charge >= 0.3 is 0 Å². The van der Waals surface area contributed by atoms with Crippen LogP contribution in [0.1, 0.15) is 40.7 Å². The minimum atomic E-state index is -1.56. The summed E-state index contributed by atoms with van der Waals surface area (Å²) in [5.41, 5.74) is 2.71. The van der Waals surface area contributed by atoms with Crippen molar-refractivity contribution in [3.8, 4) is 18.1 Å². The summed E-state index contributed by atoms with van der Waals surface area (Å²) in [5.74, 6) is 3.08. The minimum Gasteiger partial charge on any atom is -0.473 e. The molecule has 0 saturated carbocycles. The SMILES string of the molecule is C#CC(O)(c1ccc(N2CCCC2)cc1)c1ccc2c3c(ccc2c1)OC(c1ccccc1)(c1ccc(F)cc1)C=C3. The summed E-state index contributed by atoms with van der Waals surface area (Å²) in [6.07, 6.45) is 12.5. The Morgan fingerprint density at radius 2 is 1.50 bits per heavy atom. The van der Waals surface area contributed by atoms with Gasteiger partial charge in [0.15, 0.2) is 11.2 Å². The van der Waals surface area contributed by atoms with Gasteiger partial charge in [-0.3, -0.25) is 0 Å². The second kappa shape index (κ2) is 10.2. The molecule has 0 aliphatic carbocycles. The van der Waals surface area contributed by atoms with Crippen LogP contribution in [0, 0.1) is 18.2 Å². The van der Waals surface area contributed by atoms with Gasteiger partial charge in [-0.25, -0.2) is 4.39 Å². The summed E-state index contributed by atoms with van der Waals surface area (Å²) >= 11 is 0. The molecule has 2 aliphatic heterocycles. The first-order valence-electron chi connectivity index (χ1n) is 14.3. The summed E-state index contributed by atoms with van der Waals surface area (Å²) in [6, 6.07) is 34.1. The quantitative estimate of drug-likeness (QED) is 0.226. The van der Waals surface area contributed by atoms with E-state index in [1.54, 1.807) is 12.1 Å². The number of halogens is 1. The molecule has 3 nitrogen and oxygen atoms in total. The normalized spacial score (nSPS) is 19.1. The number of anilines is 1. The molecule has 1 saturated heterocycles. The lowest BCUT2D eigenvalue weighted by Gasteiger charge is -2.36. The molecule has 42 heavy (non-hydrogen) atoms. The van der Waals surface area contributed by atoms with E-state index in [2.05, 4.69) is 16.9 Å². The molecule has 0 spiro atoms. The highest BCUT2D eigenvalue weighted by atomic mass is 19.1. The van der Waals surface area contributed by atoms with Gasteiger partial charge in [0.2, 0.25) is 0 Å².